The zero-order chi connectivity index (χ0) is 19.5. The quantitative estimate of drug-likeness (QED) is 0.601. The van der Waals surface area contributed by atoms with Crippen LogP contribution in [0.15, 0.2) is 44.8 Å². The van der Waals surface area contributed by atoms with Gasteiger partial charge in [0.25, 0.3) is 5.91 Å². The first-order chi connectivity index (χ1) is 13.6. The average Bonchev–Trinajstić information content (AvgIpc) is 3.35. The van der Waals surface area contributed by atoms with Crippen molar-refractivity contribution in [1.82, 2.24) is 10.3 Å². The Balaban J connectivity index is 1.35. The van der Waals surface area contributed by atoms with E-state index in [-0.39, 0.29) is 18.2 Å². The van der Waals surface area contributed by atoms with Crippen LogP contribution in [0.4, 0.5) is 5.13 Å². The van der Waals surface area contributed by atoms with Gasteiger partial charge >= 0.3 is 0 Å². The zero-order valence-corrected chi connectivity index (χ0v) is 16.8. The molecule has 10 heteroatoms. The Morgan fingerprint density at radius 2 is 1.96 bits per heavy atom. The molecule has 0 spiro atoms. The van der Waals surface area contributed by atoms with E-state index in [1.54, 1.807) is 6.07 Å². The summed E-state index contributed by atoms with van der Waals surface area (Å²) < 4.78 is 16.7. The fraction of sp³-hybridized carbons (Fsp3) is 0.167. The van der Waals surface area contributed by atoms with Gasteiger partial charge in [-0.05, 0) is 46.3 Å². The molecule has 0 aliphatic carbocycles. The van der Waals surface area contributed by atoms with Crippen molar-refractivity contribution in [3.05, 3.63) is 46.1 Å². The molecule has 1 aliphatic heterocycles. The largest absolute Gasteiger partial charge is 0.486 e. The Morgan fingerprint density at radius 1 is 1.14 bits per heavy atom. The zero-order valence-electron chi connectivity index (χ0n) is 14.4. The number of anilines is 1. The monoisotopic (exact) mass is 463 g/mol. The minimum Gasteiger partial charge on any atom is -0.486 e. The van der Waals surface area contributed by atoms with E-state index in [0.29, 0.717) is 40.2 Å². The molecule has 2 aromatic heterocycles. The Kier molecular flexibility index (Phi) is 5.31. The summed E-state index contributed by atoms with van der Waals surface area (Å²) in [6.07, 6.45) is 0. The first kappa shape index (κ1) is 18.5. The van der Waals surface area contributed by atoms with E-state index in [1.807, 2.05) is 23.6 Å². The van der Waals surface area contributed by atoms with E-state index in [1.165, 1.54) is 17.4 Å². The third-order valence-corrected chi connectivity index (χ3v) is 4.98. The molecule has 3 heterocycles. The Morgan fingerprint density at radius 3 is 2.75 bits per heavy atom. The highest BCUT2D eigenvalue weighted by molar-refractivity contribution is 9.10. The lowest BCUT2D eigenvalue weighted by molar-refractivity contribution is -0.115. The lowest BCUT2D eigenvalue weighted by Gasteiger charge is -2.18. The standard InChI is InChI=1S/C18H14BrN3O5S/c19-15-4-3-13(27-15)17(24)20-8-16(23)22-18-21-11(9-28-18)10-1-2-12-14(7-10)26-6-5-25-12/h1-4,7,9H,5-6,8H2,(H,20,24)(H,21,22,23). The van der Waals surface area contributed by atoms with Crippen LogP contribution in [-0.2, 0) is 4.79 Å². The fourth-order valence-electron chi connectivity index (χ4n) is 2.51. The first-order valence-corrected chi connectivity index (χ1v) is 9.95. The minimum absolute atomic E-state index is 0.120. The molecule has 8 nitrogen and oxygen atoms in total. The van der Waals surface area contributed by atoms with Gasteiger partial charge in [-0.1, -0.05) is 0 Å². The van der Waals surface area contributed by atoms with E-state index >= 15 is 0 Å². The Hall–Kier alpha value is -2.85. The molecular weight excluding hydrogens is 450 g/mol. The number of hydrogen-bond acceptors (Lipinski definition) is 7. The number of ether oxygens (including phenoxy) is 2. The second-order valence-electron chi connectivity index (χ2n) is 5.73. The average molecular weight is 464 g/mol. The molecule has 0 bridgehead atoms. The highest BCUT2D eigenvalue weighted by Crippen LogP contribution is 2.35. The number of hydrogen-bond donors (Lipinski definition) is 2. The predicted octanol–water partition coefficient (Wildman–Crippen LogP) is 3.31. The second kappa shape index (κ2) is 8.03. The van der Waals surface area contributed by atoms with Gasteiger partial charge in [-0.25, -0.2) is 4.98 Å². The molecule has 4 rings (SSSR count). The highest BCUT2D eigenvalue weighted by Gasteiger charge is 2.15. The van der Waals surface area contributed by atoms with Crippen LogP contribution < -0.4 is 20.1 Å². The normalized spacial score (nSPS) is 12.5. The SMILES string of the molecule is O=C(CNC(=O)c1ccc(Br)o1)Nc1nc(-c2ccc3c(c2)OCCO3)cs1. The summed E-state index contributed by atoms with van der Waals surface area (Å²) in [4.78, 5) is 28.3. The summed E-state index contributed by atoms with van der Waals surface area (Å²) in [5.74, 6) is 0.640. The maximum atomic E-state index is 12.1. The molecule has 1 aliphatic rings. The number of nitrogens with zero attached hydrogens (tertiary/aromatic N) is 1. The number of nitrogens with one attached hydrogen (secondary N) is 2. The van der Waals surface area contributed by atoms with E-state index in [0.717, 1.165) is 5.56 Å². The molecule has 0 saturated carbocycles. The van der Waals surface area contributed by atoms with Crippen molar-refractivity contribution in [2.24, 2.45) is 0 Å². The van der Waals surface area contributed by atoms with Gasteiger partial charge < -0.3 is 24.5 Å². The van der Waals surface area contributed by atoms with E-state index in [2.05, 4.69) is 31.5 Å². The minimum atomic E-state index is -0.475. The number of carbonyl (C=O) groups excluding carboxylic acids is 2. The molecule has 0 atom stereocenters. The Bertz CT molecular complexity index is 1030. The number of thiazole rings is 1. The molecule has 0 saturated heterocycles. The van der Waals surface area contributed by atoms with E-state index < -0.39 is 5.91 Å². The number of furan rings is 1. The van der Waals surface area contributed by atoms with Crippen molar-refractivity contribution in [3.63, 3.8) is 0 Å². The third kappa shape index (κ3) is 4.18. The number of amides is 2. The van der Waals surface area contributed by atoms with Crippen molar-refractivity contribution < 1.29 is 23.5 Å². The second-order valence-corrected chi connectivity index (χ2v) is 7.37. The molecule has 2 N–H and O–H groups in total. The molecule has 0 unspecified atom stereocenters. The van der Waals surface area contributed by atoms with Crippen molar-refractivity contribution >= 4 is 44.2 Å². The van der Waals surface area contributed by atoms with Crippen LogP contribution in [0.5, 0.6) is 11.5 Å². The number of carbonyl (C=O) groups is 2. The van der Waals surface area contributed by atoms with Crippen LogP contribution in [0.25, 0.3) is 11.3 Å². The van der Waals surface area contributed by atoms with Crippen LogP contribution in [-0.4, -0.2) is 36.6 Å². The molecule has 0 radical (unpaired) electrons. The summed E-state index contributed by atoms with van der Waals surface area (Å²) in [7, 11) is 0. The molecule has 28 heavy (non-hydrogen) atoms. The van der Waals surface area contributed by atoms with Gasteiger partial charge in [-0.2, -0.15) is 0 Å². The summed E-state index contributed by atoms with van der Waals surface area (Å²) in [6, 6.07) is 8.69. The summed E-state index contributed by atoms with van der Waals surface area (Å²) >= 11 is 4.41. The van der Waals surface area contributed by atoms with Gasteiger partial charge in [0.1, 0.15) is 13.2 Å². The third-order valence-electron chi connectivity index (χ3n) is 3.79. The fourth-order valence-corrected chi connectivity index (χ4v) is 3.56. The van der Waals surface area contributed by atoms with Crippen LogP contribution in [0.1, 0.15) is 10.6 Å². The van der Waals surface area contributed by atoms with Crippen LogP contribution >= 0.6 is 27.3 Å². The lowest BCUT2D eigenvalue weighted by Crippen LogP contribution is -2.32. The molecule has 0 fully saturated rings. The first-order valence-electron chi connectivity index (χ1n) is 8.27. The van der Waals surface area contributed by atoms with Gasteiger partial charge in [-0.15, -0.1) is 11.3 Å². The van der Waals surface area contributed by atoms with Crippen molar-refractivity contribution in [2.75, 3.05) is 25.1 Å². The van der Waals surface area contributed by atoms with Crippen molar-refractivity contribution in [2.45, 2.75) is 0 Å². The smallest absolute Gasteiger partial charge is 0.287 e. The molecule has 1 aromatic carbocycles. The van der Waals surface area contributed by atoms with Crippen molar-refractivity contribution in [3.8, 4) is 22.8 Å². The number of halogens is 1. The Labute approximate surface area is 172 Å². The maximum Gasteiger partial charge on any atom is 0.287 e. The molecule has 3 aromatic rings. The summed E-state index contributed by atoms with van der Waals surface area (Å²) in [6.45, 7) is 0.846. The number of aromatic nitrogens is 1. The van der Waals surface area contributed by atoms with Gasteiger partial charge in [0.15, 0.2) is 27.1 Å². The lowest BCUT2D eigenvalue weighted by atomic mass is 10.1. The number of rotatable bonds is 5. The highest BCUT2D eigenvalue weighted by atomic mass is 79.9. The number of benzene rings is 1. The topological polar surface area (TPSA) is 103 Å². The molecule has 144 valence electrons. The molecule has 2 amide bonds. The van der Waals surface area contributed by atoms with Gasteiger partial charge in [0, 0.05) is 10.9 Å². The van der Waals surface area contributed by atoms with Gasteiger partial charge in [0.05, 0.1) is 12.2 Å². The molecular formula is C18H14BrN3O5S. The summed E-state index contributed by atoms with van der Waals surface area (Å²) in [5.41, 5.74) is 1.57. The predicted molar refractivity (Wildman–Crippen MR) is 106 cm³/mol. The van der Waals surface area contributed by atoms with Crippen LogP contribution in [0.3, 0.4) is 0 Å². The van der Waals surface area contributed by atoms with E-state index in [9.17, 15) is 9.59 Å². The van der Waals surface area contributed by atoms with Gasteiger partial charge in [-0.3, -0.25) is 9.59 Å². The van der Waals surface area contributed by atoms with Crippen LogP contribution in [0, 0.1) is 0 Å². The van der Waals surface area contributed by atoms with Crippen LogP contribution in [0.2, 0.25) is 0 Å². The maximum absolute atomic E-state index is 12.1. The van der Waals surface area contributed by atoms with Gasteiger partial charge in [0.2, 0.25) is 5.91 Å². The van der Waals surface area contributed by atoms with E-state index in [4.69, 9.17) is 13.9 Å². The van der Waals surface area contributed by atoms with Crippen molar-refractivity contribution in [1.29, 1.82) is 0 Å². The summed E-state index contributed by atoms with van der Waals surface area (Å²) in [5, 5.41) is 7.42. The number of fused-ring (bicyclic) bond motifs is 1.